The molecule has 2 unspecified atom stereocenters. The average Bonchev–Trinajstić information content (AvgIpc) is 2.17. The molecule has 0 aromatic carbocycles. The molecule has 1 rings (SSSR count). The number of nitrogens with two attached hydrogens (primary N) is 1. The summed E-state index contributed by atoms with van der Waals surface area (Å²) in [6, 6.07) is 0.141. The predicted octanol–water partition coefficient (Wildman–Crippen LogP) is 0.538. The first-order valence-electron chi connectivity index (χ1n) is 5.21. The van der Waals surface area contributed by atoms with Crippen LogP contribution < -0.4 is 5.73 Å². The number of hydrogen-bond donors (Lipinski definition) is 1. The Morgan fingerprint density at radius 1 is 1.50 bits per heavy atom. The van der Waals surface area contributed by atoms with E-state index in [-0.39, 0.29) is 12.6 Å². The van der Waals surface area contributed by atoms with Crippen LogP contribution in [0.3, 0.4) is 0 Å². The monoisotopic (exact) mass is 220 g/mol. The van der Waals surface area contributed by atoms with E-state index in [0.29, 0.717) is 6.54 Å². The number of sulfonamides is 1. The van der Waals surface area contributed by atoms with Crippen molar-refractivity contribution in [2.24, 2.45) is 5.73 Å². The van der Waals surface area contributed by atoms with Gasteiger partial charge in [0.05, 0.1) is 5.25 Å². The fourth-order valence-corrected chi connectivity index (χ4v) is 3.50. The normalized spacial score (nSPS) is 27.5. The summed E-state index contributed by atoms with van der Waals surface area (Å²) in [4.78, 5) is 0. The summed E-state index contributed by atoms with van der Waals surface area (Å²) < 4.78 is 25.6. The van der Waals surface area contributed by atoms with Crippen LogP contribution in [-0.2, 0) is 10.0 Å². The Hall–Kier alpha value is -0.130. The molecule has 4 nitrogen and oxygen atoms in total. The Balaban J connectivity index is 2.80. The molecule has 0 amide bonds. The van der Waals surface area contributed by atoms with Crippen molar-refractivity contribution in [2.75, 3.05) is 13.1 Å². The first-order valence-corrected chi connectivity index (χ1v) is 6.71. The Morgan fingerprint density at radius 3 is 2.64 bits per heavy atom. The second-order valence-corrected chi connectivity index (χ2v) is 6.35. The van der Waals surface area contributed by atoms with Gasteiger partial charge in [-0.2, -0.15) is 4.31 Å². The molecule has 0 aromatic rings. The van der Waals surface area contributed by atoms with E-state index in [0.717, 1.165) is 19.3 Å². The van der Waals surface area contributed by atoms with Gasteiger partial charge in [-0.05, 0) is 26.7 Å². The molecule has 14 heavy (non-hydrogen) atoms. The van der Waals surface area contributed by atoms with E-state index >= 15 is 0 Å². The van der Waals surface area contributed by atoms with Crippen LogP contribution in [0.4, 0.5) is 0 Å². The van der Waals surface area contributed by atoms with Crippen molar-refractivity contribution >= 4 is 10.0 Å². The summed E-state index contributed by atoms with van der Waals surface area (Å²) in [5.74, 6) is 0. The molecule has 1 aliphatic heterocycles. The highest BCUT2D eigenvalue weighted by Gasteiger charge is 2.32. The quantitative estimate of drug-likeness (QED) is 0.755. The van der Waals surface area contributed by atoms with E-state index in [9.17, 15) is 8.42 Å². The highest BCUT2D eigenvalue weighted by atomic mass is 32.2. The van der Waals surface area contributed by atoms with Crippen LogP contribution in [0.15, 0.2) is 0 Å². The van der Waals surface area contributed by atoms with E-state index in [4.69, 9.17) is 5.73 Å². The molecule has 0 radical (unpaired) electrons. The van der Waals surface area contributed by atoms with E-state index in [1.807, 2.05) is 6.92 Å². The molecule has 2 N–H and O–H groups in total. The van der Waals surface area contributed by atoms with Crippen LogP contribution in [0, 0.1) is 0 Å². The second-order valence-electron chi connectivity index (χ2n) is 4.05. The molecule has 0 bridgehead atoms. The van der Waals surface area contributed by atoms with Crippen LogP contribution in [0.2, 0.25) is 0 Å². The lowest BCUT2D eigenvalue weighted by molar-refractivity contribution is 0.266. The van der Waals surface area contributed by atoms with Crippen LogP contribution >= 0.6 is 0 Å². The number of piperidine rings is 1. The van der Waals surface area contributed by atoms with Crippen molar-refractivity contribution < 1.29 is 8.42 Å². The van der Waals surface area contributed by atoms with Crippen molar-refractivity contribution in [1.29, 1.82) is 0 Å². The largest absolute Gasteiger partial charge is 0.329 e. The first kappa shape index (κ1) is 11.9. The average molecular weight is 220 g/mol. The Labute approximate surface area is 86.5 Å². The molecule has 1 heterocycles. The summed E-state index contributed by atoms with van der Waals surface area (Å²) in [6.45, 7) is 4.51. The van der Waals surface area contributed by atoms with Crippen LogP contribution in [-0.4, -0.2) is 37.1 Å². The summed E-state index contributed by atoms with van der Waals surface area (Å²) in [5.41, 5.74) is 5.40. The van der Waals surface area contributed by atoms with Gasteiger partial charge in [-0.1, -0.05) is 6.42 Å². The molecule has 5 heteroatoms. The maximum absolute atomic E-state index is 12.0. The van der Waals surface area contributed by atoms with Gasteiger partial charge in [0.2, 0.25) is 10.0 Å². The van der Waals surface area contributed by atoms with Gasteiger partial charge in [-0.25, -0.2) is 8.42 Å². The minimum Gasteiger partial charge on any atom is -0.329 e. The van der Waals surface area contributed by atoms with Gasteiger partial charge in [0.25, 0.3) is 0 Å². The van der Waals surface area contributed by atoms with Gasteiger partial charge in [0.15, 0.2) is 0 Å². The fourth-order valence-electron chi connectivity index (χ4n) is 1.80. The summed E-state index contributed by atoms with van der Waals surface area (Å²) in [5, 5.41) is -0.456. The number of rotatable bonds is 3. The first-order chi connectivity index (χ1) is 6.50. The van der Waals surface area contributed by atoms with E-state index in [2.05, 4.69) is 0 Å². The second kappa shape index (κ2) is 4.59. The van der Waals surface area contributed by atoms with Gasteiger partial charge in [-0.3, -0.25) is 0 Å². The Morgan fingerprint density at radius 2 is 2.14 bits per heavy atom. The maximum atomic E-state index is 12.0. The minimum absolute atomic E-state index is 0.141. The van der Waals surface area contributed by atoms with Crippen LogP contribution in [0.5, 0.6) is 0 Å². The highest BCUT2D eigenvalue weighted by Crippen LogP contribution is 2.22. The molecule has 84 valence electrons. The van der Waals surface area contributed by atoms with Gasteiger partial charge < -0.3 is 5.73 Å². The third-order valence-electron chi connectivity index (χ3n) is 2.91. The number of nitrogens with zero attached hydrogens (tertiary/aromatic N) is 1. The maximum Gasteiger partial charge on any atom is 0.218 e. The van der Waals surface area contributed by atoms with Crippen molar-refractivity contribution in [3.05, 3.63) is 0 Å². The van der Waals surface area contributed by atoms with Crippen LogP contribution in [0.25, 0.3) is 0 Å². The lowest BCUT2D eigenvalue weighted by Crippen LogP contribution is -2.47. The third kappa shape index (κ3) is 2.27. The van der Waals surface area contributed by atoms with Crippen LogP contribution in [0.1, 0.15) is 33.1 Å². The lowest BCUT2D eigenvalue weighted by atomic mass is 10.1. The van der Waals surface area contributed by atoms with Crippen molar-refractivity contribution in [1.82, 2.24) is 4.31 Å². The topological polar surface area (TPSA) is 63.4 Å². The molecule has 2 atom stereocenters. The molecule has 0 aromatic heterocycles. The van der Waals surface area contributed by atoms with Crippen molar-refractivity contribution in [3.8, 4) is 0 Å². The van der Waals surface area contributed by atoms with Gasteiger partial charge in [0, 0.05) is 19.1 Å². The van der Waals surface area contributed by atoms with E-state index in [1.165, 1.54) is 0 Å². The van der Waals surface area contributed by atoms with Gasteiger partial charge in [0.1, 0.15) is 0 Å². The molecular weight excluding hydrogens is 200 g/mol. The minimum atomic E-state index is -3.15. The molecule has 0 spiro atoms. The number of hydrogen-bond acceptors (Lipinski definition) is 3. The van der Waals surface area contributed by atoms with Crippen molar-refractivity contribution in [3.63, 3.8) is 0 Å². The Bertz CT molecular complexity index is 277. The van der Waals surface area contributed by atoms with Gasteiger partial charge in [-0.15, -0.1) is 0 Å². The SMILES string of the molecule is CC1CCCCN1S(=O)(=O)C(C)CN. The molecule has 1 fully saturated rings. The predicted molar refractivity (Wildman–Crippen MR) is 57.5 cm³/mol. The zero-order chi connectivity index (χ0) is 10.8. The molecular formula is C9H20N2O2S. The third-order valence-corrected chi connectivity index (χ3v) is 5.31. The highest BCUT2D eigenvalue weighted by molar-refractivity contribution is 7.89. The lowest BCUT2D eigenvalue weighted by Gasteiger charge is -2.34. The zero-order valence-electron chi connectivity index (χ0n) is 8.94. The summed E-state index contributed by atoms with van der Waals surface area (Å²) >= 11 is 0. The molecule has 1 saturated heterocycles. The molecule has 0 aliphatic carbocycles. The standard InChI is InChI=1S/C9H20N2O2S/c1-8-5-3-4-6-11(8)14(12,13)9(2)7-10/h8-9H,3-7,10H2,1-2H3. The summed E-state index contributed by atoms with van der Waals surface area (Å²) in [6.07, 6.45) is 3.07. The van der Waals surface area contributed by atoms with Crippen molar-refractivity contribution in [2.45, 2.75) is 44.4 Å². The van der Waals surface area contributed by atoms with E-state index in [1.54, 1.807) is 11.2 Å². The van der Waals surface area contributed by atoms with E-state index < -0.39 is 15.3 Å². The molecule has 1 aliphatic rings. The fraction of sp³-hybridized carbons (Fsp3) is 1.00. The Kier molecular flexibility index (Phi) is 3.92. The molecule has 0 saturated carbocycles. The summed E-state index contributed by atoms with van der Waals surface area (Å²) in [7, 11) is -3.15. The smallest absolute Gasteiger partial charge is 0.218 e. The van der Waals surface area contributed by atoms with Gasteiger partial charge >= 0.3 is 0 Å². The zero-order valence-corrected chi connectivity index (χ0v) is 9.76.